The van der Waals surface area contributed by atoms with Crippen molar-refractivity contribution in [3.8, 4) is 5.75 Å². The number of likely N-dealkylation sites (N-methyl/N-ethyl adjacent to an activating group) is 1. The molecule has 0 aliphatic carbocycles. The fourth-order valence-corrected chi connectivity index (χ4v) is 5.57. The molecule has 6 nitrogen and oxygen atoms in total. The van der Waals surface area contributed by atoms with Gasteiger partial charge in [-0.3, -0.25) is 4.79 Å². The van der Waals surface area contributed by atoms with Crippen molar-refractivity contribution in [2.45, 2.75) is 51.2 Å². The van der Waals surface area contributed by atoms with Gasteiger partial charge in [-0.1, -0.05) is 37.3 Å². The first kappa shape index (κ1) is 23.8. The number of amides is 1. The van der Waals surface area contributed by atoms with Crippen molar-refractivity contribution in [1.29, 1.82) is 0 Å². The number of rotatable bonds is 9. The highest BCUT2D eigenvalue weighted by molar-refractivity contribution is 7.86. The average Bonchev–Trinajstić information content (AvgIpc) is 3.35. The molecule has 2 aromatic rings. The van der Waals surface area contributed by atoms with Crippen LogP contribution in [-0.2, 0) is 22.2 Å². The molecule has 0 bridgehead atoms. The zero-order chi connectivity index (χ0) is 23.2. The summed E-state index contributed by atoms with van der Waals surface area (Å²) in [6, 6.07) is 16.1. The Balaban J connectivity index is 1.45. The van der Waals surface area contributed by atoms with Gasteiger partial charge in [-0.15, -0.1) is 0 Å². The summed E-state index contributed by atoms with van der Waals surface area (Å²) in [5.41, 5.74) is 3.05. The number of hydrogen-bond acceptors (Lipinski definition) is 4. The lowest BCUT2D eigenvalue weighted by atomic mass is 9.99. The SMILES string of the molecule is CCCS(=O)Nc1ccc2c(c1)CC[C@@H](C(=O)N(C)C(CN1CCCC1)c1ccccc1)O2. The number of carbonyl (C=O) groups is 1. The zero-order valence-electron chi connectivity index (χ0n) is 19.7. The van der Waals surface area contributed by atoms with Crippen molar-refractivity contribution in [3.63, 3.8) is 0 Å². The molecule has 0 aromatic heterocycles. The molecule has 1 fully saturated rings. The van der Waals surface area contributed by atoms with Crippen LogP contribution in [0.1, 0.15) is 49.8 Å². The Kier molecular flexibility index (Phi) is 8.04. The Morgan fingerprint density at radius 3 is 2.70 bits per heavy atom. The van der Waals surface area contributed by atoms with Crippen molar-refractivity contribution in [2.24, 2.45) is 0 Å². The van der Waals surface area contributed by atoms with E-state index in [1.807, 2.05) is 55.3 Å². The van der Waals surface area contributed by atoms with Crippen LogP contribution in [0.5, 0.6) is 5.75 Å². The first-order valence-corrected chi connectivity index (χ1v) is 13.4. The molecular weight excluding hydrogens is 434 g/mol. The minimum Gasteiger partial charge on any atom is -0.480 e. The Morgan fingerprint density at radius 2 is 1.97 bits per heavy atom. The minimum atomic E-state index is -1.07. The topological polar surface area (TPSA) is 61.9 Å². The number of benzene rings is 2. The Labute approximate surface area is 199 Å². The van der Waals surface area contributed by atoms with E-state index in [9.17, 15) is 9.00 Å². The van der Waals surface area contributed by atoms with Gasteiger partial charge in [0.2, 0.25) is 0 Å². The molecule has 0 saturated carbocycles. The van der Waals surface area contributed by atoms with Crippen molar-refractivity contribution >= 4 is 22.6 Å². The maximum absolute atomic E-state index is 13.5. The molecule has 2 heterocycles. The molecular formula is C26H35N3O3S. The van der Waals surface area contributed by atoms with Crippen molar-refractivity contribution < 1.29 is 13.7 Å². The second kappa shape index (κ2) is 11.2. The van der Waals surface area contributed by atoms with E-state index in [1.54, 1.807) is 0 Å². The van der Waals surface area contributed by atoms with Crippen LogP contribution >= 0.6 is 0 Å². The lowest BCUT2D eigenvalue weighted by molar-refractivity contribution is -0.140. The summed E-state index contributed by atoms with van der Waals surface area (Å²) in [6.45, 7) is 5.05. The second-order valence-corrected chi connectivity index (χ2v) is 10.3. The van der Waals surface area contributed by atoms with Gasteiger partial charge in [0.15, 0.2) is 6.10 Å². The van der Waals surface area contributed by atoms with Gasteiger partial charge in [-0.25, -0.2) is 4.21 Å². The summed E-state index contributed by atoms with van der Waals surface area (Å²) in [5.74, 6) is 1.40. The highest BCUT2D eigenvalue weighted by atomic mass is 32.2. The van der Waals surface area contributed by atoms with Gasteiger partial charge in [0.05, 0.1) is 6.04 Å². The van der Waals surface area contributed by atoms with Gasteiger partial charge in [0.1, 0.15) is 16.7 Å². The fourth-order valence-electron chi connectivity index (χ4n) is 4.71. The number of ether oxygens (including phenoxy) is 1. The van der Waals surface area contributed by atoms with E-state index in [0.29, 0.717) is 12.2 Å². The molecule has 1 amide bonds. The molecule has 178 valence electrons. The molecule has 33 heavy (non-hydrogen) atoms. The molecule has 3 atom stereocenters. The highest BCUT2D eigenvalue weighted by Crippen LogP contribution is 2.32. The van der Waals surface area contributed by atoms with E-state index in [-0.39, 0.29) is 11.9 Å². The maximum atomic E-state index is 13.5. The molecule has 2 unspecified atom stereocenters. The van der Waals surface area contributed by atoms with Crippen molar-refractivity contribution in [2.75, 3.05) is 37.2 Å². The van der Waals surface area contributed by atoms with Crippen LogP contribution < -0.4 is 9.46 Å². The van der Waals surface area contributed by atoms with Gasteiger partial charge >= 0.3 is 0 Å². The van der Waals surface area contributed by atoms with Gasteiger partial charge in [0.25, 0.3) is 5.91 Å². The molecule has 1 N–H and O–H groups in total. The smallest absolute Gasteiger partial charge is 0.263 e. The predicted molar refractivity (Wildman–Crippen MR) is 134 cm³/mol. The lowest BCUT2D eigenvalue weighted by Crippen LogP contribution is -2.45. The molecule has 4 rings (SSSR count). The standard InChI is InChI=1S/C26H35N3O3S/c1-3-17-33(31)27-22-12-14-24-21(18-22)11-13-25(32-24)26(30)28(2)23(19-29-15-7-8-16-29)20-9-5-4-6-10-20/h4-6,9-10,12,14,18,23,25,27H,3,7-8,11,13,15-17,19H2,1-2H3/t23?,25-,33?/m0/s1. The van der Waals surface area contributed by atoms with E-state index in [1.165, 1.54) is 12.8 Å². The molecule has 0 radical (unpaired) electrons. The first-order chi connectivity index (χ1) is 16.0. The number of likely N-dealkylation sites (tertiary alicyclic amines) is 1. The molecule has 0 spiro atoms. The Bertz CT molecular complexity index is 963. The third kappa shape index (κ3) is 5.95. The normalized spacial score (nSPS) is 19.9. The Hall–Kier alpha value is -2.38. The lowest BCUT2D eigenvalue weighted by Gasteiger charge is -2.35. The first-order valence-electron chi connectivity index (χ1n) is 12.0. The van der Waals surface area contributed by atoms with Crippen LogP contribution in [0.4, 0.5) is 5.69 Å². The van der Waals surface area contributed by atoms with Crippen molar-refractivity contribution in [3.05, 3.63) is 59.7 Å². The summed E-state index contributed by atoms with van der Waals surface area (Å²) in [6.07, 6.45) is 4.24. The largest absolute Gasteiger partial charge is 0.480 e. The van der Waals surface area contributed by atoms with E-state index in [0.717, 1.165) is 55.0 Å². The van der Waals surface area contributed by atoms with E-state index in [4.69, 9.17) is 4.74 Å². The number of nitrogens with one attached hydrogen (secondary N) is 1. The van der Waals surface area contributed by atoms with Gasteiger partial charge in [-0.2, -0.15) is 0 Å². The summed E-state index contributed by atoms with van der Waals surface area (Å²) in [5, 5.41) is 0. The molecule has 7 heteroatoms. The third-order valence-corrected chi connectivity index (χ3v) is 7.77. The number of hydrogen-bond donors (Lipinski definition) is 1. The zero-order valence-corrected chi connectivity index (χ0v) is 20.5. The summed E-state index contributed by atoms with van der Waals surface area (Å²) >= 11 is 0. The number of fused-ring (bicyclic) bond motifs is 1. The number of nitrogens with zero attached hydrogens (tertiary/aromatic N) is 2. The summed E-state index contributed by atoms with van der Waals surface area (Å²) < 4.78 is 21.2. The van der Waals surface area contributed by atoms with E-state index in [2.05, 4.69) is 21.8 Å². The minimum absolute atomic E-state index is 0.00178. The van der Waals surface area contributed by atoms with Crippen LogP contribution in [0.3, 0.4) is 0 Å². The second-order valence-electron chi connectivity index (χ2n) is 9.00. The molecule has 2 aliphatic rings. The monoisotopic (exact) mass is 469 g/mol. The van der Waals surface area contributed by atoms with Gasteiger partial charge in [-0.05, 0) is 74.5 Å². The third-order valence-electron chi connectivity index (χ3n) is 6.53. The van der Waals surface area contributed by atoms with Crippen LogP contribution in [-0.4, -0.2) is 58.5 Å². The maximum Gasteiger partial charge on any atom is 0.263 e. The van der Waals surface area contributed by atoms with Crippen molar-refractivity contribution in [1.82, 2.24) is 9.80 Å². The molecule has 2 aliphatic heterocycles. The predicted octanol–water partition coefficient (Wildman–Crippen LogP) is 4.16. The number of aryl methyl sites for hydroxylation is 1. The van der Waals surface area contributed by atoms with Gasteiger partial charge in [0, 0.05) is 25.0 Å². The summed E-state index contributed by atoms with van der Waals surface area (Å²) in [4.78, 5) is 17.8. The van der Waals surface area contributed by atoms with Crippen LogP contribution in [0.2, 0.25) is 0 Å². The van der Waals surface area contributed by atoms with Crippen LogP contribution in [0, 0.1) is 0 Å². The molecule has 1 saturated heterocycles. The number of anilines is 1. The summed E-state index contributed by atoms with van der Waals surface area (Å²) in [7, 11) is 0.834. The quantitative estimate of drug-likeness (QED) is 0.599. The van der Waals surface area contributed by atoms with E-state index >= 15 is 0 Å². The van der Waals surface area contributed by atoms with Gasteiger partial charge < -0.3 is 19.3 Å². The fraction of sp³-hybridized carbons (Fsp3) is 0.500. The van der Waals surface area contributed by atoms with Crippen LogP contribution in [0.25, 0.3) is 0 Å². The van der Waals surface area contributed by atoms with Crippen LogP contribution in [0.15, 0.2) is 48.5 Å². The Morgan fingerprint density at radius 1 is 1.21 bits per heavy atom. The molecule has 2 aromatic carbocycles. The number of carbonyl (C=O) groups excluding carboxylic acids is 1. The average molecular weight is 470 g/mol. The highest BCUT2D eigenvalue weighted by Gasteiger charge is 2.33. The van der Waals surface area contributed by atoms with E-state index < -0.39 is 17.1 Å².